The summed E-state index contributed by atoms with van der Waals surface area (Å²) in [6, 6.07) is 0.678. The quantitative estimate of drug-likeness (QED) is 0.707. The first-order valence-corrected chi connectivity index (χ1v) is 6.72. The van der Waals surface area contributed by atoms with Gasteiger partial charge < -0.3 is 9.80 Å². The maximum Gasteiger partial charge on any atom is 0.319 e. The average molecular weight is 224 g/mol. The third-order valence-electron chi connectivity index (χ3n) is 4.09. The largest absolute Gasteiger partial charge is 0.325 e. The minimum atomic E-state index is 0.251. The summed E-state index contributed by atoms with van der Waals surface area (Å²) in [7, 11) is 1.97. The van der Waals surface area contributed by atoms with Crippen molar-refractivity contribution in [3.8, 4) is 0 Å². The zero-order valence-corrected chi connectivity index (χ0v) is 10.6. The van der Waals surface area contributed by atoms with Crippen LogP contribution < -0.4 is 0 Å². The minimum absolute atomic E-state index is 0.251. The molecule has 1 aliphatic carbocycles. The Kier molecular flexibility index (Phi) is 3.72. The van der Waals surface area contributed by atoms with Gasteiger partial charge in [0.1, 0.15) is 0 Å². The highest BCUT2D eigenvalue weighted by atomic mass is 16.2. The predicted octanol–water partition coefficient (Wildman–Crippen LogP) is 2.71. The molecule has 92 valence electrons. The molecule has 2 rings (SSSR count). The maximum atomic E-state index is 12.3. The third-order valence-corrected chi connectivity index (χ3v) is 4.09. The molecule has 0 aromatic heterocycles. The van der Waals surface area contributed by atoms with Crippen LogP contribution in [0.5, 0.6) is 0 Å². The Morgan fingerprint density at radius 3 is 2.25 bits per heavy atom. The lowest BCUT2D eigenvalue weighted by Crippen LogP contribution is -2.46. The highest BCUT2D eigenvalue weighted by Crippen LogP contribution is 2.35. The Bertz CT molecular complexity index is 238. The van der Waals surface area contributed by atoms with Gasteiger partial charge in [-0.05, 0) is 38.5 Å². The Balaban J connectivity index is 1.88. The predicted molar refractivity (Wildman–Crippen MR) is 65.4 cm³/mol. The minimum Gasteiger partial charge on any atom is -0.325 e. The number of urea groups is 1. The topological polar surface area (TPSA) is 23.6 Å². The summed E-state index contributed by atoms with van der Waals surface area (Å²) in [6.07, 6.45) is 7.53. The molecule has 0 spiro atoms. The Morgan fingerprint density at radius 1 is 1.19 bits per heavy atom. The molecule has 0 radical (unpaired) electrons. The van der Waals surface area contributed by atoms with Gasteiger partial charge in [-0.2, -0.15) is 0 Å². The van der Waals surface area contributed by atoms with Crippen molar-refractivity contribution in [1.82, 2.24) is 9.80 Å². The van der Waals surface area contributed by atoms with E-state index >= 15 is 0 Å². The highest BCUT2D eigenvalue weighted by Gasteiger charge is 2.33. The van der Waals surface area contributed by atoms with E-state index in [0.29, 0.717) is 6.04 Å². The number of hydrogen-bond donors (Lipinski definition) is 0. The summed E-state index contributed by atoms with van der Waals surface area (Å²) in [5.74, 6) is 0.765. The van der Waals surface area contributed by atoms with Gasteiger partial charge in [-0.3, -0.25) is 0 Å². The summed E-state index contributed by atoms with van der Waals surface area (Å²) >= 11 is 0. The molecule has 2 amide bonds. The zero-order valence-electron chi connectivity index (χ0n) is 10.6. The van der Waals surface area contributed by atoms with Crippen LogP contribution in [0.15, 0.2) is 0 Å². The molecule has 1 aliphatic heterocycles. The summed E-state index contributed by atoms with van der Waals surface area (Å²) in [5.41, 5.74) is 0. The van der Waals surface area contributed by atoms with E-state index in [1.54, 1.807) is 0 Å². The normalized spacial score (nSPS) is 23.8. The van der Waals surface area contributed by atoms with Crippen molar-refractivity contribution in [3.63, 3.8) is 0 Å². The number of amides is 2. The van der Waals surface area contributed by atoms with Crippen LogP contribution >= 0.6 is 0 Å². The maximum absolute atomic E-state index is 12.3. The molecule has 2 aliphatic rings. The van der Waals surface area contributed by atoms with Gasteiger partial charge in [0, 0.05) is 26.2 Å². The van der Waals surface area contributed by atoms with Gasteiger partial charge in [0.2, 0.25) is 0 Å². The first kappa shape index (κ1) is 11.7. The molecule has 2 fully saturated rings. The fourth-order valence-corrected chi connectivity index (χ4v) is 2.55. The molecule has 1 saturated carbocycles. The Hall–Kier alpha value is -0.730. The average Bonchev–Trinajstić information content (AvgIpc) is 3.11. The monoisotopic (exact) mass is 224 g/mol. The van der Waals surface area contributed by atoms with Crippen molar-refractivity contribution in [1.29, 1.82) is 0 Å². The third kappa shape index (κ3) is 2.69. The Morgan fingerprint density at radius 2 is 1.75 bits per heavy atom. The number of rotatable bonds is 2. The highest BCUT2D eigenvalue weighted by molar-refractivity contribution is 5.74. The van der Waals surface area contributed by atoms with E-state index in [4.69, 9.17) is 0 Å². The summed E-state index contributed by atoms with van der Waals surface area (Å²) in [6.45, 7) is 4.11. The lowest BCUT2D eigenvalue weighted by Gasteiger charge is -2.31. The lowest BCUT2D eigenvalue weighted by molar-refractivity contribution is 0.146. The standard InChI is InChI=1S/C13H24N2O/c1-11(12-7-8-12)14(2)13(16)15-9-5-3-4-6-10-15/h11-12H,3-10H2,1-2H3. The molecule has 16 heavy (non-hydrogen) atoms. The van der Waals surface area contributed by atoms with Crippen LogP contribution in [0.3, 0.4) is 0 Å². The van der Waals surface area contributed by atoms with Gasteiger partial charge in [0.25, 0.3) is 0 Å². The van der Waals surface area contributed by atoms with Crippen molar-refractivity contribution < 1.29 is 4.79 Å². The summed E-state index contributed by atoms with van der Waals surface area (Å²) < 4.78 is 0. The summed E-state index contributed by atoms with van der Waals surface area (Å²) in [4.78, 5) is 16.3. The molecule has 1 atom stereocenters. The van der Waals surface area contributed by atoms with E-state index in [9.17, 15) is 4.79 Å². The van der Waals surface area contributed by atoms with E-state index in [1.807, 2.05) is 16.8 Å². The van der Waals surface area contributed by atoms with Gasteiger partial charge in [-0.25, -0.2) is 4.79 Å². The first-order valence-electron chi connectivity index (χ1n) is 6.72. The van der Waals surface area contributed by atoms with Gasteiger partial charge in [0.15, 0.2) is 0 Å². The van der Waals surface area contributed by atoms with Crippen LogP contribution in [0.25, 0.3) is 0 Å². The molecule has 3 heteroatoms. The molecular weight excluding hydrogens is 200 g/mol. The van der Waals surface area contributed by atoms with Crippen LogP contribution in [-0.4, -0.2) is 42.0 Å². The molecule has 0 aromatic carbocycles. The fourth-order valence-electron chi connectivity index (χ4n) is 2.55. The van der Waals surface area contributed by atoms with E-state index in [2.05, 4.69) is 6.92 Å². The van der Waals surface area contributed by atoms with Crippen LogP contribution in [-0.2, 0) is 0 Å². The number of nitrogens with zero attached hydrogens (tertiary/aromatic N) is 2. The molecule has 1 saturated heterocycles. The molecule has 0 aromatic rings. The second kappa shape index (κ2) is 5.07. The molecule has 1 unspecified atom stereocenters. The second-order valence-corrected chi connectivity index (χ2v) is 5.37. The van der Waals surface area contributed by atoms with Crippen molar-refractivity contribution in [2.45, 2.75) is 51.5 Å². The number of carbonyl (C=O) groups excluding carboxylic acids is 1. The number of carbonyl (C=O) groups is 1. The van der Waals surface area contributed by atoms with Crippen molar-refractivity contribution in [2.24, 2.45) is 5.92 Å². The van der Waals surface area contributed by atoms with Gasteiger partial charge in [0.05, 0.1) is 0 Å². The lowest BCUT2D eigenvalue weighted by atomic mass is 10.2. The SMILES string of the molecule is CC(C1CC1)N(C)C(=O)N1CCCCCC1. The Labute approximate surface area is 98.8 Å². The molecule has 1 heterocycles. The number of likely N-dealkylation sites (tertiary alicyclic amines) is 1. The van der Waals surface area contributed by atoms with Gasteiger partial charge in [-0.1, -0.05) is 12.8 Å². The van der Waals surface area contributed by atoms with Crippen LogP contribution in [0.4, 0.5) is 4.79 Å². The molecule has 3 nitrogen and oxygen atoms in total. The van der Waals surface area contributed by atoms with Crippen molar-refractivity contribution >= 4 is 6.03 Å². The van der Waals surface area contributed by atoms with Gasteiger partial charge in [-0.15, -0.1) is 0 Å². The number of hydrogen-bond acceptors (Lipinski definition) is 1. The van der Waals surface area contributed by atoms with Crippen molar-refractivity contribution in [3.05, 3.63) is 0 Å². The second-order valence-electron chi connectivity index (χ2n) is 5.37. The first-order chi connectivity index (χ1) is 7.70. The van der Waals surface area contributed by atoms with Crippen LogP contribution in [0.2, 0.25) is 0 Å². The van der Waals surface area contributed by atoms with E-state index in [-0.39, 0.29) is 6.03 Å². The molecule has 0 bridgehead atoms. The fraction of sp³-hybridized carbons (Fsp3) is 0.923. The zero-order chi connectivity index (χ0) is 11.5. The summed E-state index contributed by atoms with van der Waals surface area (Å²) in [5, 5.41) is 0. The van der Waals surface area contributed by atoms with Crippen LogP contribution in [0.1, 0.15) is 45.4 Å². The van der Waals surface area contributed by atoms with E-state index in [1.165, 1.54) is 38.5 Å². The molecular formula is C13H24N2O. The van der Waals surface area contributed by atoms with E-state index < -0.39 is 0 Å². The van der Waals surface area contributed by atoms with Gasteiger partial charge >= 0.3 is 6.03 Å². The van der Waals surface area contributed by atoms with E-state index in [0.717, 1.165) is 19.0 Å². The van der Waals surface area contributed by atoms with Crippen molar-refractivity contribution in [2.75, 3.05) is 20.1 Å². The smallest absolute Gasteiger partial charge is 0.319 e. The molecule has 0 N–H and O–H groups in total. The van der Waals surface area contributed by atoms with Crippen LogP contribution in [0, 0.1) is 5.92 Å².